The molecule has 5 rings (SSSR count). The standard InChI is InChI=1S/C26H24F3N3O2/c27-26(28,29)25(33)31-20-10-6-14-32-21-15-18(30-16-17-7-2-1-3-8-17)12-13-23(21)34-22-11-5-4-9-19(22)24(20)32/h1-5,7-9,11-13,15,20,24,30H,6,10,14,16H2,(H,31,33)/t20-,24+/m0/s1. The second kappa shape index (κ2) is 8.93. The maximum absolute atomic E-state index is 13.1. The van der Waals surface area contributed by atoms with Gasteiger partial charge >= 0.3 is 12.1 Å². The van der Waals surface area contributed by atoms with Gasteiger partial charge in [-0.05, 0) is 42.7 Å². The van der Waals surface area contributed by atoms with Crippen LogP contribution in [-0.2, 0) is 11.3 Å². The zero-order chi connectivity index (χ0) is 23.7. The summed E-state index contributed by atoms with van der Waals surface area (Å²) >= 11 is 0. The van der Waals surface area contributed by atoms with E-state index in [1.165, 1.54) is 0 Å². The number of halogens is 3. The maximum Gasteiger partial charge on any atom is 0.471 e. The van der Waals surface area contributed by atoms with Crippen molar-refractivity contribution >= 4 is 17.3 Å². The second-order valence-corrected chi connectivity index (χ2v) is 8.52. The van der Waals surface area contributed by atoms with E-state index in [0.717, 1.165) is 22.5 Å². The molecule has 1 amide bonds. The second-order valence-electron chi connectivity index (χ2n) is 8.52. The van der Waals surface area contributed by atoms with Crippen molar-refractivity contribution in [3.8, 4) is 11.5 Å². The van der Waals surface area contributed by atoms with Gasteiger partial charge < -0.3 is 20.3 Å². The third-order valence-corrected chi connectivity index (χ3v) is 6.27. The predicted molar refractivity (Wildman–Crippen MR) is 124 cm³/mol. The molecule has 2 heterocycles. The Kier molecular flexibility index (Phi) is 5.81. The first-order valence-electron chi connectivity index (χ1n) is 11.2. The lowest BCUT2D eigenvalue weighted by atomic mass is 9.89. The minimum absolute atomic E-state index is 0.443. The van der Waals surface area contributed by atoms with E-state index in [9.17, 15) is 18.0 Å². The SMILES string of the molecule is O=C(N[C@H]1CCCN2c3cc(NCc4ccccc4)ccc3Oc3ccccc3[C@H]12)C(F)(F)F. The topological polar surface area (TPSA) is 53.6 Å². The average molecular weight is 467 g/mol. The normalized spacial score (nSPS) is 19.1. The van der Waals surface area contributed by atoms with Gasteiger partial charge in [0.15, 0.2) is 5.75 Å². The molecule has 3 aromatic carbocycles. The molecule has 1 saturated heterocycles. The zero-order valence-electron chi connectivity index (χ0n) is 18.3. The number of alkyl halides is 3. The summed E-state index contributed by atoms with van der Waals surface area (Å²) in [5.41, 5.74) is 3.54. The van der Waals surface area contributed by atoms with E-state index in [-0.39, 0.29) is 0 Å². The molecule has 5 nitrogen and oxygen atoms in total. The van der Waals surface area contributed by atoms with Crippen LogP contribution < -0.4 is 20.3 Å². The first-order chi connectivity index (χ1) is 16.4. The van der Waals surface area contributed by atoms with Crippen LogP contribution in [0.4, 0.5) is 24.5 Å². The van der Waals surface area contributed by atoms with Crippen LogP contribution in [0, 0.1) is 0 Å². The van der Waals surface area contributed by atoms with Crippen molar-refractivity contribution in [3.63, 3.8) is 0 Å². The molecule has 2 aliphatic heterocycles. The van der Waals surface area contributed by atoms with E-state index in [0.29, 0.717) is 37.4 Å². The van der Waals surface area contributed by atoms with Gasteiger partial charge in [-0.3, -0.25) is 4.79 Å². The molecule has 2 atom stereocenters. The summed E-state index contributed by atoms with van der Waals surface area (Å²) in [5.74, 6) is -0.710. The number of amides is 1. The Labute approximate surface area is 195 Å². The summed E-state index contributed by atoms with van der Waals surface area (Å²) in [4.78, 5) is 13.9. The molecule has 2 aliphatic rings. The molecule has 8 heteroatoms. The summed E-state index contributed by atoms with van der Waals surface area (Å²) in [6.45, 7) is 1.27. The van der Waals surface area contributed by atoms with Crippen LogP contribution in [0.3, 0.4) is 0 Å². The summed E-state index contributed by atoms with van der Waals surface area (Å²) < 4.78 is 45.4. The molecule has 0 saturated carbocycles. The van der Waals surface area contributed by atoms with Crippen molar-refractivity contribution in [2.75, 3.05) is 16.8 Å². The minimum Gasteiger partial charge on any atom is -0.455 e. The van der Waals surface area contributed by atoms with Gasteiger partial charge in [0.1, 0.15) is 5.75 Å². The number of anilines is 2. The smallest absolute Gasteiger partial charge is 0.455 e. The molecule has 34 heavy (non-hydrogen) atoms. The van der Waals surface area contributed by atoms with Crippen molar-refractivity contribution in [2.24, 2.45) is 0 Å². The first-order valence-corrected chi connectivity index (χ1v) is 11.2. The van der Waals surface area contributed by atoms with Crippen molar-refractivity contribution in [2.45, 2.75) is 37.6 Å². The first kappa shape index (κ1) is 22.1. The fraction of sp³-hybridized carbons (Fsp3) is 0.269. The van der Waals surface area contributed by atoms with Gasteiger partial charge in [0, 0.05) is 24.3 Å². The highest BCUT2D eigenvalue weighted by atomic mass is 19.4. The molecule has 0 unspecified atom stereocenters. The number of piperidine rings is 1. The number of hydrogen-bond acceptors (Lipinski definition) is 4. The number of hydrogen-bond donors (Lipinski definition) is 2. The number of para-hydroxylation sites is 1. The molecule has 0 spiro atoms. The van der Waals surface area contributed by atoms with Crippen LogP contribution in [0.5, 0.6) is 11.5 Å². The van der Waals surface area contributed by atoms with Gasteiger partial charge in [0.2, 0.25) is 0 Å². The summed E-state index contributed by atoms with van der Waals surface area (Å²) in [6.07, 6.45) is -3.85. The largest absolute Gasteiger partial charge is 0.471 e. The van der Waals surface area contributed by atoms with Gasteiger partial charge in [-0.15, -0.1) is 0 Å². The lowest BCUT2D eigenvalue weighted by Crippen LogP contribution is -2.52. The average Bonchev–Trinajstić information content (AvgIpc) is 2.97. The highest BCUT2D eigenvalue weighted by Crippen LogP contribution is 2.48. The molecule has 0 aromatic heterocycles. The fourth-order valence-corrected chi connectivity index (χ4v) is 4.73. The number of ether oxygens (including phenoxy) is 1. The van der Waals surface area contributed by atoms with Crippen LogP contribution in [0.15, 0.2) is 72.8 Å². The fourth-order valence-electron chi connectivity index (χ4n) is 4.73. The molecule has 3 aromatic rings. The van der Waals surface area contributed by atoms with Gasteiger partial charge in [-0.2, -0.15) is 13.2 Å². The Hall–Kier alpha value is -3.68. The zero-order valence-corrected chi connectivity index (χ0v) is 18.3. The number of carbonyl (C=O) groups excluding carboxylic acids is 1. The molecular formula is C26H24F3N3O2. The molecule has 0 radical (unpaired) electrons. The number of benzene rings is 3. The van der Waals surface area contributed by atoms with Gasteiger partial charge in [-0.1, -0.05) is 48.5 Å². The van der Waals surface area contributed by atoms with Crippen LogP contribution in [0.1, 0.15) is 30.0 Å². The Morgan fingerprint density at radius 3 is 2.56 bits per heavy atom. The van der Waals surface area contributed by atoms with E-state index in [2.05, 4.69) is 15.5 Å². The van der Waals surface area contributed by atoms with E-state index in [4.69, 9.17) is 4.74 Å². The van der Waals surface area contributed by atoms with Gasteiger partial charge in [-0.25, -0.2) is 0 Å². The van der Waals surface area contributed by atoms with Crippen molar-refractivity contribution < 1.29 is 22.7 Å². The minimum atomic E-state index is -4.94. The Balaban J connectivity index is 1.50. The van der Waals surface area contributed by atoms with Crippen LogP contribution in [-0.4, -0.2) is 24.7 Å². The van der Waals surface area contributed by atoms with Crippen LogP contribution in [0.25, 0.3) is 0 Å². The predicted octanol–water partition coefficient (Wildman–Crippen LogP) is 5.79. The number of nitrogens with zero attached hydrogens (tertiary/aromatic N) is 1. The molecule has 2 N–H and O–H groups in total. The van der Waals surface area contributed by atoms with Gasteiger partial charge in [0.25, 0.3) is 0 Å². The molecule has 0 aliphatic carbocycles. The van der Waals surface area contributed by atoms with Crippen LogP contribution >= 0.6 is 0 Å². The molecular weight excluding hydrogens is 443 g/mol. The Morgan fingerprint density at radius 1 is 1.00 bits per heavy atom. The van der Waals surface area contributed by atoms with Crippen molar-refractivity contribution in [1.29, 1.82) is 0 Å². The number of carbonyl (C=O) groups is 1. The van der Waals surface area contributed by atoms with E-state index in [1.807, 2.05) is 66.7 Å². The summed E-state index contributed by atoms with van der Waals surface area (Å²) in [7, 11) is 0. The third kappa shape index (κ3) is 4.40. The van der Waals surface area contributed by atoms with E-state index < -0.39 is 24.2 Å². The van der Waals surface area contributed by atoms with E-state index >= 15 is 0 Å². The van der Waals surface area contributed by atoms with E-state index in [1.54, 1.807) is 6.07 Å². The lowest BCUT2D eigenvalue weighted by molar-refractivity contribution is -0.174. The van der Waals surface area contributed by atoms with Gasteiger partial charge in [0.05, 0.1) is 17.8 Å². The highest BCUT2D eigenvalue weighted by Gasteiger charge is 2.44. The van der Waals surface area contributed by atoms with Crippen LogP contribution in [0.2, 0.25) is 0 Å². The lowest BCUT2D eigenvalue weighted by Gasteiger charge is -2.42. The summed E-state index contributed by atoms with van der Waals surface area (Å²) in [5, 5.41) is 5.65. The molecule has 0 bridgehead atoms. The molecule has 1 fully saturated rings. The Morgan fingerprint density at radius 2 is 1.76 bits per heavy atom. The Bertz CT molecular complexity index is 1180. The third-order valence-electron chi connectivity index (χ3n) is 6.27. The quantitative estimate of drug-likeness (QED) is 0.510. The maximum atomic E-state index is 13.1. The number of rotatable bonds is 4. The van der Waals surface area contributed by atoms with Crippen molar-refractivity contribution in [1.82, 2.24) is 5.32 Å². The summed E-state index contributed by atoms with van der Waals surface area (Å²) in [6, 6.07) is 21.9. The number of fused-ring (bicyclic) bond motifs is 5. The molecule has 176 valence electrons. The van der Waals surface area contributed by atoms with Crippen molar-refractivity contribution in [3.05, 3.63) is 83.9 Å². The highest BCUT2D eigenvalue weighted by molar-refractivity contribution is 5.82. The number of nitrogens with one attached hydrogen (secondary N) is 2. The monoisotopic (exact) mass is 467 g/mol.